The van der Waals surface area contributed by atoms with E-state index < -0.39 is 24.3 Å². The van der Waals surface area contributed by atoms with E-state index >= 15 is 0 Å². The first-order chi connectivity index (χ1) is 19.4. The van der Waals surface area contributed by atoms with Crippen LogP contribution < -0.4 is 11.5 Å². The highest BCUT2D eigenvalue weighted by atomic mass is 16.3. The molecule has 1 fully saturated rings. The lowest BCUT2D eigenvalue weighted by atomic mass is 9.91. The van der Waals surface area contributed by atoms with Crippen molar-refractivity contribution in [1.82, 2.24) is 9.80 Å². The van der Waals surface area contributed by atoms with Crippen molar-refractivity contribution in [3.63, 3.8) is 0 Å². The molecule has 4 aromatic rings. The first kappa shape index (κ1) is 30.0. The number of amides is 2. The standard InChI is InChI=1S/C33H36N4O3.CH4/c34-27-15-7-13-25(17-27)21-36-29(19-23-9-3-1-4-10-23)31(38)32(39)30(20-24-11-5-2-6-12-24)37(33(36)40)22-26-14-8-16-28(35)18-26;/h1-18,29-32,38-39H,19-22,34-35H2;1H4/p+2/t29-,30-,31+,32+;/m1./s1. The van der Waals surface area contributed by atoms with Crippen LogP contribution in [-0.4, -0.2) is 50.3 Å². The van der Waals surface area contributed by atoms with E-state index in [0.717, 1.165) is 33.6 Å². The summed E-state index contributed by atoms with van der Waals surface area (Å²) in [6.45, 7) is 0.570. The van der Waals surface area contributed by atoms with Crippen molar-refractivity contribution >= 4 is 17.4 Å². The van der Waals surface area contributed by atoms with Gasteiger partial charge in [-0.25, -0.2) is 4.79 Å². The van der Waals surface area contributed by atoms with Crippen LogP contribution in [0.5, 0.6) is 0 Å². The molecule has 4 aromatic carbocycles. The van der Waals surface area contributed by atoms with Gasteiger partial charge >= 0.3 is 6.03 Å². The van der Waals surface area contributed by atoms with Crippen LogP contribution in [0.2, 0.25) is 0 Å². The van der Waals surface area contributed by atoms with Gasteiger partial charge in [0.05, 0.1) is 12.1 Å². The molecule has 0 aromatic heterocycles. The highest BCUT2D eigenvalue weighted by Crippen LogP contribution is 2.30. The van der Waals surface area contributed by atoms with Crippen LogP contribution in [0.25, 0.3) is 0 Å². The number of aliphatic hydroxyl groups excluding tert-OH is 2. The fraction of sp³-hybridized carbons (Fsp3) is 0.265. The second kappa shape index (κ2) is 13.6. The first-order valence-electron chi connectivity index (χ1n) is 13.7. The monoisotopic (exact) mass is 554 g/mol. The van der Waals surface area contributed by atoms with Crippen molar-refractivity contribution in [3.8, 4) is 0 Å². The van der Waals surface area contributed by atoms with Gasteiger partial charge < -0.3 is 31.5 Å². The Morgan fingerprint density at radius 2 is 0.927 bits per heavy atom. The molecule has 1 aliphatic rings. The van der Waals surface area contributed by atoms with Gasteiger partial charge in [0.15, 0.2) is 0 Å². The predicted octanol–water partition coefficient (Wildman–Crippen LogP) is 3.45. The van der Waals surface area contributed by atoms with Crippen LogP contribution in [0.15, 0.2) is 109 Å². The average Bonchev–Trinajstić information content (AvgIpc) is 3.02. The third-order valence-electron chi connectivity index (χ3n) is 7.69. The zero-order chi connectivity index (χ0) is 28.1. The number of nitrogens with zero attached hydrogens (tertiary/aromatic N) is 2. The highest BCUT2D eigenvalue weighted by molar-refractivity contribution is 5.76. The Balaban J connectivity index is 0.00000387. The van der Waals surface area contributed by atoms with Crippen LogP contribution >= 0.6 is 0 Å². The third kappa shape index (κ3) is 7.20. The lowest BCUT2D eigenvalue weighted by Gasteiger charge is -2.35. The fourth-order valence-electron chi connectivity index (χ4n) is 5.66. The number of benzene rings is 4. The molecular formula is C34H42N4O3+2. The van der Waals surface area contributed by atoms with Gasteiger partial charge in [-0.15, -0.1) is 0 Å². The maximum Gasteiger partial charge on any atom is 0.321 e. The molecule has 1 saturated heterocycles. The average molecular weight is 555 g/mol. The number of carbonyl (C=O) groups excluding carboxylic acids is 1. The number of hydrogen-bond donors (Lipinski definition) is 4. The summed E-state index contributed by atoms with van der Waals surface area (Å²) >= 11 is 0. The summed E-state index contributed by atoms with van der Waals surface area (Å²) in [5.41, 5.74) is 13.6. The van der Waals surface area contributed by atoms with Crippen molar-refractivity contribution in [2.24, 2.45) is 0 Å². The fourth-order valence-corrected chi connectivity index (χ4v) is 5.66. The van der Waals surface area contributed by atoms with E-state index in [1.54, 1.807) is 9.80 Å². The molecule has 0 radical (unpaired) electrons. The van der Waals surface area contributed by atoms with E-state index in [2.05, 4.69) is 11.5 Å². The second-order valence-electron chi connectivity index (χ2n) is 10.7. The van der Waals surface area contributed by atoms with Gasteiger partial charge in [-0.2, -0.15) is 0 Å². The summed E-state index contributed by atoms with van der Waals surface area (Å²) in [6, 6.07) is 33.7. The zero-order valence-electron chi connectivity index (χ0n) is 22.6. The highest BCUT2D eigenvalue weighted by Gasteiger charge is 2.46. The number of hydrogen-bond acceptors (Lipinski definition) is 3. The first-order valence-corrected chi connectivity index (χ1v) is 13.7. The number of quaternary nitrogens is 2. The number of urea groups is 1. The van der Waals surface area contributed by atoms with Crippen LogP contribution in [0, 0.1) is 0 Å². The Hall–Kier alpha value is -4.01. The maximum absolute atomic E-state index is 14.6. The van der Waals surface area contributed by atoms with E-state index in [-0.39, 0.29) is 26.5 Å². The summed E-state index contributed by atoms with van der Waals surface area (Å²) in [7, 11) is 0. The van der Waals surface area contributed by atoms with Crippen molar-refractivity contribution < 1.29 is 26.5 Å². The topological polar surface area (TPSA) is 119 Å². The van der Waals surface area contributed by atoms with E-state index in [0.29, 0.717) is 12.8 Å². The van der Waals surface area contributed by atoms with Gasteiger partial charge in [-0.1, -0.05) is 92.4 Å². The van der Waals surface area contributed by atoms with Gasteiger partial charge in [0.1, 0.15) is 23.6 Å². The Labute approximate surface area is 242 Å². The molecule has 8 N–H and O–H groups in total. The molecule has 1 aliphatic heterocycles. The largest absolute Gasteiger partial charge is 0.388 e. The van der Waals surface area contributed by atoms with Gasteiger partial charge in [-0.3, -0.25) is 0 Å². The minimum atomic E-state index is -1.16. The summed E-state index contributed by atoms with van der Waals surface area (Å²) in [4.78, 5) is 18.1. The van der Waals surface area contributed by atoms with Crippen molar-refractivity contribution in [1.29, 1.82) is 0 Å². The molecule has 4 atom stereocenters. The summed E-state index contributed by atoms with van der Waals surface area (Å²) in [6.07, 6.45) is -1.50. The van der Waals surface area contributed by atoms with Gasteiger partial charge in [-0.05, 0) is 47.2 Å². The molecule has 0 bridgehead atoms. The maximum atomic E-state index is 14.6. The van der Waals surface area contributed by atoms with Gasteiger partial charge in [0.2, 0.25) is 0 Å². The molecule has 0 spiro atoms. The molecule has 2 amide bonds. The summed E-state index contributed by atoms with van der Waals surface area (Å²) in [5, 5.41) is 23.6. The molecule has 5 rings (SSSR count). The molecule has 7 heteroatoms. The van der Waals surface area contributed by atoms with Gasteiger partial charge in [0, 0.05) is 25.2 Å². The Kier molecular flexibility index (Phi) is 9.91. The van der Waals surface area contributed by atoms with E-state index in [1.165, 1.54) is 0 Å². The molecule has 0 aliphatic carbocycles. The predicted molar refractivity (Wildman–Crippen MR) is 161 cm³/mol. The van der Waals surface area contributed by atoms with Crippen molar-refractivity contribution in [3.05, 3.63) is 131 Å². The summed E-state index contributed by atoms with van der Waals surface area (Å²) < 4.78 is 0. The van der Waals surface area contributed by atoms with Gasteiger partial charge in [0.25, 0.3) is 0 Å². The van der Waals surface area contributed by atoms with E-state index in [9.17, 15) is 15.0 Å². The molecule has 214 valence electrons. The van der Waals surface area contributed by atoms with Crippen LogP contribution in [0.3, 0.4) is 0 Å². The molecule has 41 heavy (non-hydrogen) atoms. The summed E-state index contributed by atoms with van der Waals surface area (Å²) in [5.74, 6) is 0. The van der Waals surface area contributed by atoms with Crippen LogP contribution in [0.1, 0.15) is 29.7 Å². The third-order valence-corrected chi connectivity index (χ3v) is 7.69. The molecular weight excluding hydrogens is 512 g/mol. The minimum absolute atomic E-state index is 0. The normalized spacial score (nSPS) is 20.8. The van der Waals surface area contributed by atoms with E-state index in [1.807, 2.05) is 109 Å². The SMILES string of the molecule is C.[NH3+]c1cccc(CN2C(=O)N(Cc3cccc([NH3+])c3)[C@H](Cc3ccccc3)[C@H](O)[C@@H](O)[C@H]2Cc2ccccc2)c1. The van der Waals surface area contributed by atoms with Crippen LogP contribution in [0.4, 0.5) is 16.2 Å². The lowest BCUT2D eigenvalue weighted by Crippen LogP contribution is -2.50. The smallest absolute Gasteiger partial charge is 0.321 e. The van der Waals surface area contributed by atoms with Crippen molar-refractivity contribution in [2.75, 3.05) is 0 Å². The van der Waals surface area contributed by atoms with Crippen molar-refractivity contribution in [2.45, 2.75) is 57.6 Å². The zero-order valence-corrected chi connectivity index (χ0v) is 22.6. The molecule has 0 saturated carbocycles. The lowest BCUT2D eigenvalue weighted by molar-refractivity contribution is -0.255. The van der Waals surface area contributed by atoms with Crippen LogP contribution in [-0.2, 0) is 25.9 Å². The molecule has 7 nitrogen and oxygen atoms in total. The Morgan fingerprint density at radius 3 is 1.29 bits per heavy atom. The Morgan fingerprint density at radius 1 is 0.561 bits per heavy atom. The Bertz CT molecular complexity index is 1310. The second-order valence-corrected chi connectivity index (χ2v) is 10.7. The number of aliphatic hydroxyl groups is 2. The number of rotatable bonds is 8. The number of carbonyl (C=O) groups is 1. The minimum Gasteiger partial charge on any atom is -0.388 e. The molecule has 0 unspecified atom stereocenters. The quantitative estimate of drug-likeness (QED) is 0.267. The molecule has 1 heterocycles. The van der Waals surface area contributed by atoms with E-state index in [4.69, 9.17) is 0 Å².